The summed E-state index contributed by atoms with van der Waals surface area (Å²) in [6, 6.07) is 46.6. The van der Waals surface area contributed by atoms with Gasteiger partial charge >= 0.3 is 0 Å². The molecule has 0 bridgehead atoms. The topological polar surface area (TPSA) is 0 Å². The van der Waals surface area contributed by atoms with Crippen molar-refractivity contribution in [2.24, 2.45) is 0 Å². The molecule has 0 N–H and O–H groups in total. The SMILES string of the molecule is Ic1ccc(-c2ccc3cc(-c4ccc(-c5cccc6c5sc5ccccc56)cc4)ccc3c2)cc1. The highest BCUT2D eigenvalue weighted by Crippen LogP contribution is 2.40. The first-order chi connectivity index (χ1) is 17.7. The van der Waals surface area contributed by atoms with Gasteiger partial charge in [0, 0.05) is 23.7 Å². The van der Waals surface area contributed by atoms with E-state index in [9.17, 15) is 0 Å². The lowest BCUT2D eigenvalue weighted by atomic mass is 9.96. The van der Waals surface area contributed by atoms with Crippen molar-refractivity contribution in [3.8, 4) is 33.4 Å². The summed E-state index contributed by atoms with van der Waals surface area (Å²) in [7, 11) is 0. The molecule has 170 valence electrons. The quantitative estimate of drug-likeness (QED) is 0.180. The van der Waals surface area contributed by atoms with E-state index in [0.717, 1.165) is 0 Å². The number of rotatable bonds is 3. The van der Waals surface area contributed by atoms with Gasteiger partial charge in [-0.1, -0.05) is 97.1 Å². The van der Waals surface area contributed by atoms with Crippen LogP contribution in [0.4, 0.5) is 0 Å². The van der Waals surface area contributed by atoms with Gasteiger partial charge in [-0.25, -0.2) is 0 Å². The van der Waals surface area contributed by atoms with Crippen LogP contribution >= 0.6 is 33.9 Å². The largest absolute Gasteiger partial charge is 0.135 e. The van der Waals surface area contributed by atoms with Gasteiger partial charge in [0.05, 0.1) is 0 Å². The maximum atomic E-state index is 2.35. The molecule has 0 aliphatic carbocycles. The predicted octanol–water partition coefficient (Wildman–Crippen LogP) is 10.8. The zero-order valence-corrected chi connectivity index (χ0v) is 22.4. The highest BCUT2D eigenvalue weighted by molar-refractivity contribution is 14.1. The van der Waals surface area contributed by atoms with Crippen LogP contribution in [0.15, 0.2) is 127 Å². The van der Waals surface area contributed by atoms with Crippen LogP contribution in [-0.4, -0.2) is 0 Å². The summed E-state index contributed by atoms with van der Waals surface area (Å²) >= 11 is 4.24. The van der Waals surface area contributed by atoms with E-state index < -0.39 is 0 Å². The summed E-state index contributed by atoms with van der Waals surface area (Å²) in [5.74, 6) is 0. The van der Waals surface area contributed by atoms with E-state index in [4.69, 9.17) is 0 Å². The first-order valence-electron chi connectivity index (χ1n) is 12.0. The summed E-state index contributed by atoms with van der Waals surface area (Å²) in [6.45, 7) is 0. The Bertz CT molecular complexity index is 1880. The molecular formula is C34H21IS. The van der Waals surface area contributed by atoms with Crippen LogP contribution in [0.5, 0.6) is 0 Å². The lowest BCUT2D eigenvalue weighted by Gasteiger charge is -2.09. The van der Waals surface area contributed by atoms with E-state index >= 15 is 0 Å². The summed E-state index contributed by atoms with van der Waals surface area (Å²) in [4.78, 5) is 0. The van der Waals surface area contributed by atoms with Crippen molar-refractivity contribution in [3.63, 3.8) is 0 Å². The van der Waals surface area contributed by atoms with Gasteiger partial charge in [0.25, 0.3) is 0 Å². The van der Waals surface area contributed by atoms with E-state index in [1.165, 1.54) is 67.9 Å². The molecule has 0 saturated heterocycles. The molecule has 0 fully saturated rings. The van der Waals surface area contributed by atoms with Gasteiger partial charge in [-0.2, -0.15) is 0 Å². The molecule has 2 heteroatoms. The first kappa shape index (κ1) is 21.8. The number of hydrogen-bond donors (Lipinski definition) is 0. The Kier molecular flexibility index (Phi) is 5.37. The van der Waals surface area contributed by atoms with Crippen LogP contribution in [0.3, 0.4) is 0 Å². The summed E-state index contributed by atoms with van der Waals surface area (Å²) in [5.41, 5.74) is 7.57. The van der Waals surface area contributed by atoms with Crippen LogP contribution in [0.25, 0.3) is 64.3 Å². The fourth-order valence-electron chi connectivity index (χ4n) is 5.06. The molecule has 7 rings (SSSR count). The fraction of sp³-hybridized carbons (Fsp3) is 0. The normalized spacial score (nSPS) is 11.5. The lowest BCUT2D eigenvalue weighted by molar-refractivity contribution is 1.60. The molecule has 0 aliphatic rings. The van der Waals surface area contributed by atoms with Crippen LogP contribution in [0.2, 0.25) is 0 Å². The Morgan fingerprint density at radius 2 is 1.00 bits per heavy atom. The minimum atomic E-state index is 1.24. The molecule has 7 aromatic rings. The van der Waals surface area contributed by atoms with Gasteiger partial charge in [0.15, 0.2) is 0 Å². The van der Waals surface area contributed by atoms with Crippen LogP contribution in [0.1, 0.15) is 0 Å². The Morgan fingerprint density at radius 3 is 1.69 bits per heavy atom. The van der Waals surface area contributed by atoms with Crippen molar-refractivity contribution in [3.05, 3.63) is 131 Å². The number of fused-ring (bicyclic) bond motifs is 4. The van der Waals surface area contributed by atoms with E-state index in [1.807, 2.05) is 11.3 Å². The predicted molar refractivity (Wildman–Crippen MR) is 166 cm³/mol. The lowest BCUT2D eigenvalue weighted by Crippen LogP contribution is -1.83. The van der Waals surface area contributed by atoms with Gasteiger partial charge in [-0.05, 0) is 97.1 Å². The average Bonchev–Trinajstić information content (AvgIpc) is 3.32. The van der Waals surface area contributed by atoms with E-state index in [-0.39, 0.29) is 0 Å². The van der Waals surface area contributed by atoms with Gasteiger partial charge < -0.3 is 0 Å². The second-order valence-corrected chi connectivity index (χ2v) is 11.4. The summed E-state index contributed by atoms with van der Waals surface area (Å²) < 4.78 is 3.97. The first-order valence-corrected chi connectivity index (χ1v) is 13.9. The molecule has 0 unspecified atom stereocenters. The second-order valence-electron chi connectivity index (χ2n) is 9.14. The fourth-order valence-corrected chi connectivity index (χ4v) is 6.66. The molecule has 0 amide bonds. The number of thiophene rings is 1. The minimum Gasteiger partial charge on any atom is -0.135 e. The highest BCUT2D eigenvalue weighted by Gasteiger charge is 2.10. The molecule has 0 saturated carbocycles. The molecule has 0 nitrogen and oxygen atoms in total. The number of benzene rings is 6. The molecule has 0 atom stereocenters. The maximum Gasteiger partial charge on any atom is 0.0433 e. The average molecular weight is 589 g/mol. The molecule has 1 aromatic heterocycles. The van der Waals surface area contributed by atoms with Gasteiger partial charge in [-0.15, -0.1) is 11.3 Å². The third-order valence-electron chi connectivity index (χ3n) is 6.95. The second kappa shape index (κ2) is 8.88. The number of hydrogen-bond acceptors (Lipinski definition) is 1. The smallest absolute Gasteiger partial charge is 0.0433 e. The molecule has 0 radical (unpaired) electrons. The van der Waals surface area contributed by atoms with Crippen molar-refractivity contribution in [2.45, 2.75) is 0 Å². The molecular weight excluding hydrogens is 567 g/mol. The Labute approximate surface area is 228 Å². The van der Waals surface area contributed by atoms with Gasteiger partial charge in [-0.3, -0.25) is 0 Å². The zero-order chi connectivity index (χ0) is 24.1. The van der Waals surface area contributed by atoms with E-state index in [0.29, 0.717) is 0 Å². The van der Waals surface area contributed by atoms with Crippen LogP contribution in [0, 0.1) is 3.57 Å². The highest BCUT2D eigenvalue weighted by atomic mass is 127. The molecule has 0 aliphatic heterocycles. The van der Waals surface area contributed by atoms with Crippen molar-refractivity contribution < 1.29 is 0 Å². The van der Waals surface area contributed by atoms with Crippen molar-refractivity contribution in [1.82, 2.24) is 0 Å². The van der Waals surface area contributed by atoms with Crippen LogP contribution in [-0.2, 0) is 0 Å². The summed E-state index contributed by atoms with van der Waals surface area (Å²) in [6.07, 6.45) is 0. The third-order valence-corrected chi connectivity index (χ3v) is 8.89. The molecule has 1 heterocycles. The Balaban J connectivity index is 1.23. The molecule has 6 aromatic carbocycles. The zero-order valence-electron chi connectivity index (χ0n) is 19.4. The van der Waals surface area contributed by atoms with E-state index in [2.05, 4.69) is 150 Å². The summed E-state index contributed by atoms with van der Waals surface area (Å²) in [5, 5.41) is 5.22. The Morgan fingerprint density at radius 1 is 0.444 bits per heavy atom. The van der Waals surface area contributed by atoms with Crippen molar-refractivity contribution >= 4 is 64.9 Å². The molecule has 0 spiro atoms. The van der Waals surface area contributed by atoms with Crippen molar-refractivity contribution in [1.29, 1.82) is 0 Å². The van der Waals surface area contributed by atoms with Gasteiger partial charge in [0.2, 0.25) is 0 Å². The maximum absolute atomic E-state index is 2.35. The van der Waals surface area contributed by atoms with Gasteiger partial charge in [0.1, 0.15) is 0 Å². The monoisotopic (exact) mass is 588 g/mol. The minimum absolute atomic E-state index is 1.24. The van der Waals surface area contributed by atoms with E-state index in [1.54, 1.807) is 0 Å². The van der Waals surface area contributed by atoms with Crippen LogP contribution < -0.4 is 0 Å². The molecule has 36 heavy (non-hydrogen) atoms. The number of halogens is 1. The standard InChI is InChI=1S/C34H21IS/c35-29-18-16-23(17-19-29)26-13-15-27-20-25(12-14-28(27)21-26)22-8-10-24(11-9-22)30-5-3-6-32-31-4-1-2-7-33(31)36-34(30)32/h1-21H. The third kappa shape index (κ3) is 3.82. The Hall–Kier alpha value is -3.47. The van der Waals surface area contributed by atoms with Crippen molar-refractivity contribution in [2.75, 3.05) is 0 Å².